The monoisotopic (exact) mass is 182 g/mol. The molecule has 0 amide bonds. The first kappa shape index (κ1) is 10.2. The van der Waals surface area contributed by atoms with E-state index in [4.69, 9.17) is 0 Å². The standard InChI is InChI=1S/C11H15FO/c1-8-4-5-9(7-12)6-10(8)11(2,3)13/h4-6,13H,7H2,1-3H3. The van der Waals surface area contributed by atoms with E-state index in [2.05, 4.69) is 0 Å². The lowest BCUT2D eigenvalue weighted by atomic mass is 9.92. The van der Waals surface area contributed by atoms with Crippen molar-refractivity contribution < 1.29 is 9.50 Å². The van der Waals surface area contributed by atoms with Gasteiger partial charge in [-0.15, -0.1) is 0 Å². The Bertz CT molecular complexity index is 299. The predicted octanol–water partition coefficient (Wildman–Crippen LogP) is 2.69. The molecule has 0 aliphatic rings. The number of benzene rings is 1. The molecule has 1 N–H and O–H groups in total. The van der Waals surface area contributed by atoms with Crippen molar-refractivity contribution in [1.82, 2.24) is 0 Å². The second kappa shape index (κ2) is 3.46. The predicted molar refractivity (Wildman–Crippen MR) is 51.2 cm³/mol. The van der Waals surface area contributed by atoms with Crippen LogP contribution in [0.5, 0.6) is 0 Å². The highest BCUT2D eigenvalue weighted by Crippen LogP contribution is 2.24. The van der Waals surface area contributed by atoms with Crippen molar-refractivity contribution in [1.29, 1.82) is 0 Å². The Morgan fingerprint density at radius 2 is 2.00 bits per heavy atom. The first-order valence-corrected chi connectivity index (χ1v) is 4.33. The summed E-state index contributed by atoms with van der Waals surface area (Å²) < 4.78 is 12.3. The highest BCUT2D eigenvalue weighted by molar-refractivity contribution is 5.34. The van der Waals surface area contributed by atoms with Crippen LogP contribution in [0.2, 0.25) is 0 Å². The number of alkyl halides is 1. The highest BCUT2D eigenvalue weighted by atomic mass is 19.1. The van der Waals surface area contributed by atoms with Gasteiger partial charge in [0, 0.05) is 0 Å². The Balaban J connectivity index is 3.19. The van der Waals surface area contributed by atoms with Crippen molar-refractivity contribution in [3.05, 3.63) is 34.9 Å². The lowest BCUT2D eigenvalue weighted by molar-refractivity contribution is 0.0778. The van der Waals surface area contributed by atoms with E-state index in [1.54, 1.807) is 26.0 Å². The van der Waals surface area contributed by atoms with Gasteiger partial charge in [0.05, 0.1) is 5.60 Å². The molecule has 0 unspecified atom stereocenters. The van der Waals surface area contributed by atoms with Gasteiger partial charge in [-0.1, -0.05) is 18.2 Å². The minimum atomic E-state index is -0.894. The van der Waals surface area contributed by atoms with Gasteiger partial charge < -0.3 is 5.11 Å². The molecule has 13 heavy (non-hydrogen) atoms. The van der Waals surface area contributed by atoms with Gasteiger partial charge in [-0.2, -0.15) is 0 Å². The number of halogens is 1. The molecule has 0 aliphatic heterocycles. The number of hydrogen-bond donors (Lipinski definition) is 1. The third-order valence-electron chi connectivity index (χ3n) is 2.12. The maximum absolute atomic E-state index is 12.3. The fourth-order valence-electron chi connectivity index (χ4n) is 1.41. The Hall–Kier alpha value is -0.890. The van der Waals surface area contributed by atoms with Gasteiger partial charge in [0.15, 0.2) is 0 Å². The molecular formula is C11H15FO. The Labute approximate surface area is 78.2 Å². The number of hydrogen-bond acceptors (Lipinski definition) is 1. The van der Waals surface area contributed by atoms with Crippen molar-refractivity contribution in [2.75, 3.05) is 0 Å². The van der Waals surface area contributed by atoms with Crippen molar-refractivity contribution in [3.63, 3.8) is 0 Å². The zero-order chi connectivity index (χ0) is 10.1. The van der Waals surface area contributed by atoms with Gasteiger partial charge in [-0.3, -0.25) is 0 Å². The van der Waals surface area contributed by atoms with Gasteiger partial charge >= 0.3 is 0 Å². The molecule has 0 saturated carbocycles. The van der Waals surface area contributed by atoms with E-state index in [1.165, 1.54) is 0 Å². The van der Waals surface area contributed by atoms with Crippen molar-refractivity contribution in [2.24, 2.45) is 0 Å². The molecule has 1 aromatic rings. The van der Waals surface area contributed by atoms with Crippen LogP contribution < -0.4 is 0 Å². The van der Waals surface area contributed by atoms with Crippen LogP contribution in [0.25, 0.3) is 0 Å². The topological polar surface area (TPSA) is 20.2 Å². The number of aliphatic hydroxyl groups is 1. The van der Waals surface area contributed by atoms with Crippen LogP contribution in [0.15, 0.2) is 18.2 Å². The van der Waals surface area contributed by atoms with E-state index in [9.17, 15) is 9.50 Å². The van der Waals surface area contributed by atoms with Gasteiger partial charge in [-0.25, -0.2) is 4.39 Å². The second-order valence-corrected chi connectivity index (χ2v) is 3.84. The molecule has 0 fully saturated rings. The van der Waals surface area contributed by atoms with E-state index < -0.39 is 12.3 Å². The van der Waals surface area contributed by atoms with E-state index in [0.29, 0.717) is 5.56 Å². The first-order valence-electron chi connectivity index (χ1n) is 4.33. The molecule has 0 spiro atoms. The maximum atomic E-state index is 12.3. The molecule has 0 bridgehead atoms. The lowest BCUT2D eigenvalue weighted by Crippen LogP contribution is -2.17. The summed E-state index contributed by atoms with van der Waals surface area (Å²) in [5, 5.41) is 9.77. The van der Waals surface area contributed by atoms with Crippen LogP contribution in [0.3, 0.4) is 0 Å². The summed E-state index contributed by atoms with van der Waals surface area (Å²) in [6, 6.07) is 5.29. The van der Waals surface area contributed by atoms with Crippen LogP contribution in [-0.4, -0.2) is 5.11 Å². The summed E-state index contributed by atoms with van der Waals surface area (Å²) in [7, 11) is 0. The molecule has 1 rings (SSSR count). The van der Waals surface area contributed by atoms with E-state index in [-0.39, 0.29) is 0 Å². The third kappa shape index (κ3) is 2.28. The Morgan fingerprint density at radius 1 is 1.38 bits per heavy atom. The average Bonchev–Trinajstić information content (AvgIpc) is 2.03. The lowest BCUT2D eigenvalue weighted by Gasteiger charge is -2.20. The summed E-state index contributed by atoms with van der Waals surface area (Å²) in [6.45, 7) is 4.84. The average molecular weight is 182 g/mol. The number of aryl methyl sites for hydroxylation is 1. The van der Waals surface area contributed by atoms with Gasteiger partial charge in [0.1, 0.15) is 6.67 Å². The smallest absolute Gasteiger partial charge is 0.115 e. The van der Waals surface area contributed by atoms with E-state index in [0.717, 1.165) is 11.1 Å². The molecule has 2 heteroatoms. The summed E-state index contributed by atoms with van der Waals surface area (Å²) in [5.41, 5.74) is 1.50. The van der Waals surface area contributed by atoms with E-state index in [1.807, 2.05) is 13.0 Å². The summed E-state index contributed by atoms with van der Waals surface area (Å²) in [5.74, 6) is 0. The van der Waals surface area contributed by atoms with Crippen LogP contribution >= 0.6 is 0 Å². The van der Waals surface area contributed by atoms with Crippen molar-refractivity contribution >= 4 is 0 Å². The molecule has 0 atom stereocenters. The van der Waals surface area contributed by atoms with Gasteiger partial charge in [0.25, 0.3) is 0 Å². The molecule has 1 aromatic carbocycles. The normalized spacial score (nSPS) is 11.8. The quantitative estimate of drug-likeness (QED) is 0.745. The minimum absolute atomic E-state index is 0.483. The fraction of sp³-hybridized carbons (Fsp3) is 0.455. The maximum Gasteiger partial charge on any atom is 0.115 e. The first-order chi connectivity index (χ1) is 5.95. The highest BCUT2D eigenvalue weighted by Gasteiger charge is 2.18. The summed E-state index contributed by atoms with van der Waals surface area (Å²) in [4.78, 5) is 0. The van der Waals surface area contributed by atoms with E-state index >= 15 is 0 Å². The second-order valence-electron chi connectivity index (χ2n) is 3.84. The third-order valence-corrected chi connectivity index (χ3v) is 2.12. The summed E-state index contributed by atoms with van der Waals surface area (Å²) in [6.07, 6.45) is 0. The van der Waals surface area contributed by atoms with Crippen molar-refractivity contribution in [3.8, 4) is 0 Å². The van der Waals surface area contributed by atoms with Crippen LogP contribution in [0, 0.1) is 6.92 Å². The molecule has 0 heterocycles. The molecule has 0 saturated heterocycles. The van der Waals surface area contributed by atoms with Gasteiger partial charge in [0.2, 0.25) is 0 Å². The molecular weight excluding hydrogens is 167 g/mol. The minimum Gasteiger partial charge on any atom is -0.386 e. The Kier molecular flexibility index (Phi) is 2.71. The largest absolute Gasteiger partial charge is 0.386 e. The fourth-order valence-corrected chi connectivity index (χ4v) is 1.41. The Morgan fingerprint density at radius 3 is 2.46 bits per heavy atom. The molecule has 0 radical (unpaired) electrons. The zero-order valence-electron chi connectivity index (χ0n) is 8.26. The van der Waals surface area contributed by atoms with Gasteiger partial charge in [-0.05, 0) is 37.5 Å². The van der Waals surface area contributed by atoms with Crippen LogP contribution in [-0.2, 0) is 12.3 Å². The summed E-state index contributed by atoms with van der Waals surface area (Å²) >= 11 is 0. The molecule has 0 aliphatic carbocycles. The number of rotatable bonds is 2. The molecule has 72 valence electrons. The zero-order valence-corrected chi connectivity index (χ0v) is 8.26. The van der Waals surface area contributed by atoms with Crippen molar-refractivity contribution in [2.45, 2.75) is 33.0 Å². The molecule has 0 aromatic heterocycles. The van der Waals surface area contributed by atoms with Crippen LogP contribution in [0.4, 0.5) is 4.39 Å². The SMILES string of the molecule is Cc1ccc(CF)cc1C(C)(C)O. The molecule has 1 nitrogen and oxygen atoms in total. The van der Waals surface area contributed by atoms with Crippen LogP contribution in [0.1, 0.15) is 30.5 Å².